The molecular weight excluding hydrogens is 310 g/mol. The highest BCUT2D eigenvalue weighted by Gasteiger charge is 2.32. The summed E-state index contributed by atoms with van der Waals surface area (Å²) in [6.07, 6.45) is -1.10. The number of morpholine rings is 1. The van der Waals surface area contributed by atoms with Crippen LogP contribution in [0, 0.1) is 0 Å². The maximum Gasteiger partial charge on any atom is 0.410 e. The van der Waals surface area contributed by atoms with E-state index < -0.39 is 17.8 Å². The molecule has 0 bridgehead atoms. The second-order valence-corrected chi connectivity index (χ2v) is 6.95. The summed E-state index contributed by atoms with van der Waals surface area (Å²) in [6.45, 7) is 6.89. The average Bonchev–Trinajstić information content (AvgIpc) is 2.54. The molecule has 0 unspecified atom stereocenters. The minimum Gasteiger partial charge on any atom is -0.444 e. The van der Waals surface area contributed by atoms with Crippen molar-refractivity contribution in [3.8, 4) is 0 Å². The van der Waals surface area contributed by atoms with E-state index in [2.05, 4.69) is 0 Å². The number of carbonyl (C=O) groups excluding carboxylic acids is 1. The van der Waals surface area contributed by atoms with E-state index in [-0.39, 0.29) is 12.7 Å². The van der Waals surface area contributed by atoms with Gasteiger partial charge in [-0.3, -0.25) is 0 Å². The molecule has 134 valence electrons. The fourth-order valence-electron chi connectivity index (χ4n) is 2.48. The maximum atomic E-state index is 12.2. The summed E-state index contributed by atoms with van der Waals surface area (Å²) in [6, 6.07) is 9.86. The Morgan fingerprint density at radius 2 is 1.92 bits per heavy atom. The van der Waals surface area contributed by atoms with Crippen LogP contribution in [-0.2, 0) is 20.8 Å². The van der Waals surface area contributed by atoms with Gasteiger partial charge in [-0.1, -0.05) is 30.3 Å². The van der Waals surface area contributed by atoms with E-state index in [4.69, 9.17) is 14.2 Å². The SMILES string of the molecule is CC(C)(C)OC(=O)N1C[C@@H](CO)O[C@@H](COCc2ccccc2)C1. The minimum absolute atomic E-state index is 0.144. The van der Waals surface area contributed by atoms with Gasteiger partial charge in [-0.25, -0.2) is 4.79 Å². The lowest BCUT2D eigenvalue weighted by atomic mass is 10.2. The third-order valence-electron chi connectivity index (χ3n) is 3.50. The van der Waals surface area contributed by atoms with Crippen molar-refractivity contribution in [2.75, 3.05) is 26.3 Å². The number of hydrogen-bond donors (Lipinski definition) is 1. The van der Waals surface area contributed by atoms with Crippen LogP contribution in [0.1, 0.15) is 26.3 Å². The normalized spacial score (nSPS) is 21.6. The first-order chi connectivity index (χ1) is 11.4. The lowest BCUT2D eigenvalue weighted by Crippen LogP contribution is -2.53. The monoisotopic (exact) mass is 337 g/mol. The van der Waals surface area contributed by atoms with E-state index in [0.717, 1.165) is 5.56 Å². The fourth-order valence-corrected chi connectivity index (χ4v) is 2.48. The number of rotatable bonds is 5. The zero-order valence-electron chi connectivity index (χ0n) is 14.6. The molecule has 1 amide bonds. The Balaban J connectivity index is 1.86. The molecular formula is C18H27NO5. The van der Waals surface area contributed by atoms with Crippen LogP contribution >= 0.6 is 0 Å². The Labute approximate surface area is 143 Å². The summed E-state index contributed by atoms with van der Waals surface area (Å²) >= 11 is 0. The summed E-state index contributed by atoms with van der Waals surface area (Å²) in [7, 11) is 0. The van der Waals surface area contributed by atoms with Crippen molar-refractivity contribution in [1.82, 2.24) is 4.90 Å². The molecule has 24 heavy (non-hydrogen) atoms. The molecule has 0 aliphatic carbocycles. The third-order valence-corrected chi connectivity index (χ3v) is 3.50. The quantitative estimate of drug-likeness (QED) is 0.892. The second kappa shape index (κ2) is 8.46. The zero-order valence-corrected chi connectivity index (χ0v) is 14.6. The lowest BCUT2D eigenvalue weighted by Gasteiger charge is -2.37. The van der Waals surface area contributed by atoms with Gasteiger partial charge in [0.05, 0.1) is 45.1 Å². The summed E-state index contributed by atoms with van der Waals surface area (Å²) < 4.78 is 16.9. The number of nitrogens with zero attached hydrogens (tertiary/aromatic N) is 1. The number of aliphatic hydroxyl groups excluding tert-OH is 1. The van der Waals surface area contributed by atoms with Crippen LogP contribution < -0.4 is 0 Å². The predicted molar refractivity (Wildman–Crippen MR) is 89.7 cm³/mol. The summed E-state index contributed by atoms with van der Waals surface area (Å²) in [5.74, 6) is 0. The smallest absolute Gasteiger partial charge is 0.410 e. The van der Waals surface area contributed by atoms with Gasteiger partial charge in [0.15, 0.2) is 0 Å². The van der Waals surface area contributed by atoms with Crippen LogP contribution in [0.25, 0.3) is 0 Å². The van der Waals surface area contributed by atoms with Crippen molar-refractivity contribution in [2.45, 2.75) is 45.2 Å². The van der Waals surface area contributed by atoms with Crippen molar-refractivity contribution in [3.05, 3.63) is 35.9 Å². The Morgan fingerprint density at radius 1 is 1.25 bits per heavy atom. The highest BCUT2D eigenvalue weighted by atomic mass is 16.6. The molecule has 0 radical (unpaired) electrons. The van der Waals surface area contributed by atoms with E-state index in [1.165, 1.54) is 0 Å². The van der Waals surface area contributed by atoms with E-state index in [9.17, 15) is 9.90 Å². The van der Waals surface area contributed by atoms with Crippen LogP contribution in [0.15, 0.2) is 30.3 Å². The summed E-state index contributed by atoms with van der Waals surface area (Å²) in [5.41, 5.74) is 0.527. The van der Waals surface area contributed by atoms with E-state index in [1.807, 2.05) is 51.1 Å². The molecule has 0 spiro atoms. The number of amides is 1. The molecule has 1 aromatic carbocycles. The lowest BCUT2D eigenvalue weighted by molar-refractivity contribution is -0.126. The largest absolute Gasteiger partial charge is 0.444 e. The predicted octanol–water partition coefficient (Wildman–Crippen LogP) is 2.20. The number of ether oxygens (including phenoxy) is 3. The van der Waals surface area contributed by atoms with Gasteiger partial charge in [0.25, 0.3) is 0 Å². The van der Waals surface area contributed by atoms with Gasteiger partial charge < -0.3 is 24.2 Å². The molecule has 2 rings (SSSR count). The first-order valence-electron chi connectivity index (χ1n) is 8.23. The van der Waals surface area contributed by atoms with Gasteiger partial charge in [0.1, 0.15) is 5.60 Å². The molecule has 6 nitrogen and oxygen atoms in total. The van der Waals surface area contributed by atoms with Crippen LogP contribution in [0.2, 0.25) is 0 Å². The fraction of sp³-hybridized carbons (Fsp3) is 0.611. The molecule has 0 aromatic heterocycles. The molecule has 1 aliphatic heterocycles. The highest BCUT2D eigenvalue weighted by molar-refractivity contribution is 5.68. The third kappa shape index (κ3) is 6.11. The van der Waals surface area contributed by atoms with Crippen molar-refractivity contribution in [1.29, 1.82) is 0 Å². The van der Waals surface area contributed by atoms with E-state index in [0.29, 0.717) is 26.3 Å². The molecule has 2 atom stereocenters. The average molecular weight is 337 g/mol. The standard InChI is InChI=1S/C18H27NO5/c1-18(2,3)24-17(21)19-9-15(11-20)23-16(10-19)13-22-12-14-7-5-4-6-8-14/h4-8,15-16,20H,9-13H2,1-3H3/t15-,16+/m0/s1. The number of hydrogen-bond acceptors (Lipinski definition) is 5. The summed E-state index contributed by atoms with van der Waals surface area (Å²) in [4.78, 5) is 13.8. The van der Waals surface area contributed by atoms with Gasteiger partial charge in [0.2, 0.25) is 0 Å². The second-order valence-electron chi connectivity index (χ2n) is 6.95. The van der Waals surface area contributed by atoms with Crippen LogP contribution in [0.5, 0.6) is 0 Å². The van der Waals surface area contributed by atoms with Gasteiger partial charge in [-0.15, -0.1) is 0 Å². The highest BCUT2D eigenvalue weighted by Crippen LogP contribution is 2.16. The first-order valence-corrected chi connectivity index (χ1v) is 8.23. The molecule has 1 fully saturated rings. The van der Waals surface area contributed by atoms with Crippen LogP contribution in [-0.4, -0.2) is 60.2 Å². The Morgan fingerprint density at radius 3 is 2.54 bits per heavy atom. The van der Waals surface area contributed by atoms with Crippen LogP contribution in [0.4, 0.5) is 4.79 Å². The van der Waals surface area contributed by atoms with Gasteiger partial charge >= 0.3 is 6.09 Å². The summed E-state index contributed by atoms with van der Waals surface area (Å²) in [5, 5.41) is 9.40. The Bertz CT molecular complexity index is 514. The van der Waals surface area contributed by atoms with Crippen LogP contribution in [0.3, 0.4) is 0 Å². The maximum absolute atomic E-state index is 12.2. The Hall–Kier alpha value is -1.63. The zero-order chi connectivity index (χ0) is 17.6. The topological polar surface area (TPSA) is 68.2 Å². The van der Waals surface area contributed by atoms with E-state index in [1.54, 1.807) is 4.90 Å². The van der Waals surface area contributed by atoms with Crippen molar-refractivity contribution >= 4 is 6.09 Å². The molecule has 0 saturated carbocycles. The first kappa shape index (κ1) is 18.7. The molecule has 1 heterocycles. The van der Waals surface area contributed by atoms with Gasteiger partial charge in [0, 0.05) is 0 Å². The van der Waals surface area contributed by atoms with E-state index >= 15 is 0 Å². The van der Waals surface area contributed by atoms with Gasteiger partial charge in [-0.2, -0.15) is 0 Å². The van der Waals surface area contributed by atoms with Crippen molar-refractivity contribution in [2.24, 2.45) is 0 Å². The minimum atomic E-state index is -0.552. The molecule has 1 saturated heterocycles. The van der Waals surface area contributed by atoms with Crippen molar-refractivity contribution in [3.63, 3.8) is 0 Å². The molecule has 1 aromatic rings. The van der Waals surface area contributed by atoms with Gasteiger partial charge in [-0.05, 0) is 26.3 Å². The number of carbonyl (C=O) groups is 1. The number of benzene rings is 1. The number of aliphatic hydroxyl groups is 1. The molecule has 1 aliphatic rings. The molecule has 6 heteroatoms. The van der Waals surface area contributed by atoms with Crippen molar-refractivity contribution < 1.29 is 24.1 Å². The molecule has 1 N–H and O–H groups in total. The Kier molecular flexibility index (Phi) is 6.60.